The molecule has 7 heteroatoms. The van der Waals surface area contributed by atoms with Crippen LogP contribution in [0.1, 0.15) is 19.5 Å². The first kappa shape index (κ1) is 13.1. The van der Waals surface area contributed by atoms with Crippen LogP contribution in [-0.2, 0) is 10.0 Å². The van der Waals surface area contributed by atoms with E-state index in [0.29, 0.717) is 26.9 Å². The minimum absolute atomic E-state index is 0.332. The van der Waals surface area contributed by atoms with E-state index in [9.17, 15) is 8.42 Å². The van der Waals surface area contributed by atoms with Crippen LogP contribution in [-0.4, -0.2) is 30.8 Å². The quantitative estimate of drug-likeness (QED) is 0.856. The van der Waals surface area contributed by atoms with Gasteiger partial charge in [0, 0.05) is 13.1 Å². The van der Waals surface area contributed by atoms with E-state index < -0.39 is 10.0 Å². The van der Waals surface area contributed by atoms with Crippen molar-refractivity contribution in [3.05, 3.63) is 9.61 Å². The molecule has 0 amide bonds. The van der Waals surface area contributed by atoms with E-state index in [-0.39, 0.29) is 0 Å². The Balaban J connectivity index is 3.22. The number of hydrogen-bond donors (Lipinski definition) is 0. The molecule has 1 rings (SSSR count). The van der Waals surface area contributed by atoms with E-state index in [1.165, 1.54) is 4.31 Å². The lowest BCUT2D eigenvalue weighted by molar-refractivity contribution is 0.446. The zero-order valence-corrected chi connectivity index (χ0v) is 12.0. The molecular formula is C8H13BrN2O2S2. The Labute approximate surface area is 103 Å². The lowest BCUT2D eigenvalue weighted by Crippen LogP contribution is -2.30. The molecule has 0 bridgehead atoms. The summed E-state index contributed by atoms with van der Waals surface area (Å²) in [6.45, 7) is 6.32. The Kier molecular flexibility index (Phi) is 4.28. The molecule has 0 aliphatic rings. The second-order valence-electron chi connectivity index (χ2n) is 2.93. The van der Waals surface area contributed by atoms with E-state index in [1.54, 1.807) is 6.92 Å². The molecule has 0 aromatic carbocycles. The Morgan fingerprint density at radius 3 is 2.27 bits per heavy atom. The van der Waals surface area contributed by atoms with Gasteiger partial charge in [-0.2, -0.15) is 4.31 Å². The molecule has 0 N–H and O–H groups in total. The van der Waals surface area contributed by atoms with Gasteiger partial charge in [-0.25, -0.2) is 13.4 Å². The largest absolute Gasteiger partial charge is 0.254 e. The Hall–Kier alpha value is 0.0200. The Morgan fingerprint density at radius 2 is 1.93 bits per heavy atom. The first-order valence-electron chi connectivity index (χ1n) is 4.56. The SMILES string of the molecule is CCN(CC)S(=O)(=O)c1sc(Br)nc1C. The van der Waals surface area contributed by atoms with Gasteiger partial charge in [-0.3, -0.25) is 0 Å². The highest BCUT2D eigenvalue weighted by atomic mass is 79.9. The summed E-state index contributed by atoms with van der Waals surface area (Å²) in [6.07, 6.45) is 0. The van der Waals surface area contributed by atoms with Gasteiger partial charge >= 0.3 is 0 Å². The van der Waals surface area contributed by atoms with Crippen molar-refractivity contribution in [1.82, 2.24) is 9.29 Å². The molecule has 15 heavy (non-hydrogen) atoms. The fourth-order valence-electron chi connectivity index (χ4n) is 1.27. The molecule has 1 heterocycles. The third-order valence-corrected chi connectivity index (χ3v) is 6.25. The van der Waals surface area contributed by atoms with Gasteiger partial charge in [0.25, 0.3) is 10.0 Å². The first-order chi connectivity index (χ1) is 6.93. The van der Waals surface area contributed by atoms with E-state index in [4.69, 9.17) is 0 Å². The van der Waals surface area contributed by atoms with Gasteiger partial charge in [-0.05, 0) is 22.9 Å². The molecule has 0 aliphatic carbocycles. The summed E-state index contributed by atoms with van der Waals surface area (Å²) in [4.78, 5) is 4.06. The number of rotatable bonds is 4. The van der Waals surface area contributed by atoms with E-state index in [1.807, 2.05) is 13.8 Å². The number of thiazole rings is 1. The standard InChI is InChI=1S/C8H13BrN2O2S2/c1-4-11(5-2)15(12,13)7-6(3)10-8(9)14-7/h4-5H2,1-3H3. The maximum Gasteiger partial charge on any atom is 0.254 e. The number of halogens is 1. The third-order valence-electron chi connectivity index (χ3n) is 2.01. The molecule has 0 aliphatic heterocycles. The van der Waals surface area contributed by atoms with Gasteiger partial charge in [0.05, 0.1) is 5.69 Å². The van der Waals surface area contributed by atoms with Crippen LogP contribution in [0.4, 0.5) is 0 Å². The minimum Gasteiger partial charge on any atom is -0.233 e. The normalized spacial score (nSPS) is 12.3. The van der Waals surface area contributed by atoms with Crippen molar-refractivity contribution in [2.45, 2.75) is 25.0 Å². The number of nitrogens with zero attached hydrogens (tertiary/aromatic N) is 2. The second-order valence-corrected chi connectivity index (χ2v) is 7.34. The fraction of sp³-hybridized carbons (Fsp3) is 0.625. The molecule has 0 atom stereocenters. The zero-order chi connectivity index (χ0) is 11.6. The summed E-state index contributed by atoms with van der Waals surface area (Å²) in [5, 5.41) is 0. The van der Waals surface area contributed by atoms with Crippen LogP contribution in [0.5, 0.6) is 0 Å². The summed E-state index contributed by atoms with van der Waals surface area (Å²) in [5.41, 5.74) is 0.554. The molecule has 0 saturated carbocycles. The molecule has 0 spiro atoms. The van der Waals surface area contributed by atoms with Crippen LogP contribution in [0, 0.1) is 6.92 Å². The van der Waals surface area contributed by atoms with Crippen LogP contribution >= 0.6 is 27.3 Å². The lowest BCUT2D eigenvalue weighted by atomic mass is 10.6. The van der Waals surface area contributed by atoms with Gasteiger partial charge in [-0.1, -0.05) is 25.2 Å². The highest BCUT2D eigenvalue weighted by Gasteiger charge is 2.26. The van der Waals surface area contributed by atoms with Crippen molar-refractivity contribution in [2.24, 2.45) is 0 Å². The summed E-state index contributed by atoms with van der Waals surface area (Å²) >= 11 is 4.35. The van der Waals surface area contributed by atoms with Crippen LogP contribution in [0.3, 0.4) is 0 Å². The van der Waals surface area contributed by atoms with Gasteiger partial charge in [-0.15, -0.1) is 0 Å². The molecule has 0 fully saturated rings. The highest BCUT2D eigenvalue weighted by Crippen LogP contribution is 2.29. The average Bonchev–Trinajstić information content (AvgIpc) is 2.47. The third kappa shape index (κ3) is 2.58. The summed E-state index contributed by atoms with van der Waals surface area (Å²) in [5.74, 6) is 0. The van der Waals surface area contributed by atoms with Crippen molar-refractivity contribution in [2.75, 3.05) is 13.1 Å². The Morgan fingerprint density at radius 1 is 1.40 bits per heavy atom. The summed E-state index contributed by atoms with van der Waals surface area (Å²) in [7, 11) is -3.35. The van der Waals surface area contributed by atoms with Crippen molar-refractivity contribution < 1.29 is 8.42 Å². The molecule has 0 saturated heterocycles. The predicted octanol–water partition coefficient (Wildman–Crippen LogP) is 2.24. The highest BCUT2D eigenvalue weighted by molar-refractivity contribution is 9.11. The first-order valence-corrected chi connectivity index (χ1v) is 7.61. The molecule has 0 radical (unpaired) electrons. The monoisotopic (exact) mass is 312 g/mol. The van der Waals surface area contributed by atoms with Crippen LogP contribution < -0.4 is 0 Å². The van der Waals surface area contributed by atoms with Gasteiger partial charge in [0.1, 0.15) is 0 Å². The predicted molar refractivity (Wildman–Crippen MR) is 64.7 cm³/mol. The molecule has 86 valence electrons. The van der Waals surface area contributed by atoms with Crippen LogP contribution in [0.2, 0.25) is 0 Å². The van der Waals surface area contributed by atoms with E-state index in [0.717, 1.165) is 11.3 Å². The van der Waals surface area contributed by atoms with Crippen molar-refractivity contribution in [3.8, 4) is 0 Å². The van der Waals surface area contributed by atoms with Crippen LogP contribution in [0.25, 0.3) is 0 Å². The zero-order valence-electron chi connectivity index (χ0n) is 8.82. The smallest absolute Gasteiger partial charge is 0.233 e. The topological polar surface area (TPSA) is 50.3 Å². The number of aryl methyl sites for hydroxylation is 1. The van der Waals surface area contributed by atoms with Crippen molar-refractivity contribution in [1.29, 1.82) is 0 Å². The lowest BCUT2D eigenvalue weighted by Gasteiger charge is -2.17. The second kappa shape index (κ2) is 4.90. The number of aromatic nitrogens is 1. The van der Waals surface area contributed by atoms with Crippen LogP contribution in [0.15, 0.2) is 8.13 Å². The van der Waals surface area contributed by atoms with Gasteiger partial charge in [0.2, 0.25) is 0 Å². The fourth-order valence-corrected chi connectivity index (χ4v) is 5.18. The molecule has 0 unspecified atom stereocenters. The number of sulfonamides is 1. The van der Waals surface area contributed by atoms with Crippen molar-refractivity contribution >= 4 is 37.3 Å². The maximum atomic E-state index is 12.1. The van der Waals surface area contributed by atoms with E-state index in [2.05, 4.69) is 20.9 Å². The minimum atomic E-state index is -3.35. The maximum absolute atomic E-state index is 12.1. The number of hydrogen-bond acceptors (Lipinski definition) is 4. The average molecular weight is 313 g/mol. The molecular weight excluding hydrogens is 300 g/mol. The molecule has 1 aromatic rings. The van der Waals surface area contributed by atoms with E-state index >= 15 is 0 Å². The van der Waals surface area contributed by atoms with Crippen molar-refractivity contribution in [3.63, 3.8) is 0 Å². The summed E-state index contributed by atoms with van der Waals surface area (Å²) < 4.78 is 26.6. The summed E-state index contributed by atoms with van der Waals surface area (Å²) in [6, 6.07) is 0. The van der Waals surface area contributed by atoms with Gasteiger partial charge in [0.15, 0.2) is 8.13 Å². The molecule has 1 aromatic heterocycles. The van der Waals surface area contributed by atoms with Gasteiger partial charge < -0.3 is 0 Å². The Bertz CT molecular complexity index is 437. The molecule has 4 nitrogen and oxygen atoms in total.